The monoisotopic (exact) mass is 308 g/mol. The third kappa shape index (κ3) is 2.10. The van der Waals surface area contributed by atoms with E-state index in [2.05, 4.69) is 13.8 Å². The van der Waals surface area contributed by atoms with Gasteiger partial charge in [-0.05, 0) is 50.4 Å². The van der Waals surface area contributed by atoms with Gasteiger partial charge in [0, 0.05) is 24.3 Å². The number of fused-ring (bicyclic) bond motifs is 2. The summed E-state index contributed by atoms with van der Waals surface area (Å²) in [6.45, 7) is 6.12. The summed E-state index contributed by atoms with van der Waals surface area (Å²) >= 11 is 0. The van der Waals surface area contributed by atoms with Gasteiger partial charge >= 0.3 is 8.56 Å². The zero-order chi connectivity index (χ0) is 14.4. The lowest BCUT2D eigenvalue weighted by Gasteiger charge is -2.57. The molecule has 21 heavy (non-hydrogen) atoms. The number of hydrogen-bond donors (Lipinski definition) is 0. The molecule has 0 aromatic carbocycles. The largest absolute Gasteiger partial charge is 0.394 e. The Morgan fingerprint density at radius 1 is 0.762 bits per heavy atom. The summed E-state index contributed by atoms with van der Waals surface area (Å²) in [6.07, 6.45) is 11.7. The van der Waals surface area contributed by atoms with Crippen molar-refractivity contribution in [3.63, 3.8) is 0 Å². The minimum Gasteiger partial charge on any atom is -0.394 e. The summed E-state index contributed by atoms with van der Waals surface area (Å²) in [4.78, 5) is 0. The van der Waals surface area contributed by atoms with Gasteiger partial charge < -0.3 is 8.85 Å². The van der Waals surface area contributed by atoms with Crippen LogP contribution in [0, 0.1) is 23.7 Å². The van der Waals surface area contributed by atoms with Crippen molar-refractivity contribution in [2.24, 2.45) is 23.7 Å². The molecule has 0 N–H and O–H groups in total. The second-order valence-electron chi connectivity index (χ2n) is 7.98. The Labute approximate surface area is 131 Å². The fraction of sp³-hybridized carbons (Fsp3) is 1.00. The highest BCUT2D eigenvalue weighted by molar-refractivity contribution is 6.71. The third-order valence-electron chi connectivity index (χ3n) is 7.36. The van der Waals surface area contributed by atoms with Crippen LogP contribution in [0.1, 0.15) is 65.2 Å². The zero-order valence-electron chi connectivity index (χ0n) is 13.9. The van der Waals surface area contributed by atoms with Crippen LogP contribution in [0.2, 0.25) is 11.1 Å². The van der Waals surface area contributed by atoms with Crippen LogP contribution >= 0.6 is 0 Å². The second kappa shape index (κ2) is 5.65. The molecule has 2 nitrogen and oxygen atoms in total. The Morgan fingerprint density at radius 2 is 1.24 bits per heavy atom. The smallest absolute Gasteiger partial charge is 0.345 e. The molecule has 120 valence electrons. The minimum absolute atomic E-state index is 0.830. The first kappa shape index (κ1) is 14.7. The van der Waals surface area contributed by atoms with E-state index in [1.165, 1.54) is 51.4 Å². The van der Waals surface area contributed by atoms with Gasteiger partial charge in [-0.25, -0.2) is 0 Å². The Kier molecular flexibility index (Phi) is 3.96. The van der Waals surface area contributed by atoms with E-state index in [0.29, 0.717) is 0 Å². The molecular weight excluding hydrogens is 276 g/mol. The SMILES string of the molecule is CCO[Si](OCC)(C1CC2CCCC21)C1CC2CCCC21. The average Bonchev–Trinajstić information content (AvgIpc) is 2.95. The van der Waals surface area contributed by atoms with Crippen LogP contribution in [0.25, 0.3) is 0 Å². The quantitative estimate of drug-likeness (QED) is 0.651. The van der Waals surface area contributed by atoms with Crippen molar-refractivity contribution < 1.29 is 8.85 Å². The summed E-state index contributed by atoms with van der Waals surface area (Å²) in [6, 6.07) is 0. The van der Waals surface area contributed by atoms with Gasteiger partial charge in [0.1, 0.15) is 0 Å². The molecule has 0 spiro atoms. The normalized spacial score (nSPS) is 44.9. The molecule has 6 unspecified atom stereocenters. The van der Waals surface area contributed by atoms with Gasteiger partial charge in [-0.3, -0.25) is 0 Å². The first-order valence-electron chi connectivity index (χ1n) is 9.58. The Bertz CT molecular complexity index is 349. The molecule has 4 saturated carbocycles. The van der Waals surface area contributed by atoms with Crippen molar-refractivity contribution in [3.05, 3.63) is 0 Å². The molecule has 4 rings (SSSR count). The van der Waals surface area contributed by atoms with Crippen LogP contribution < -0.4 is 0 Å². The fourth-order valence-electron chi connectivity index (χ4n) is 6.51. The van der Waals surface area contributed by atoms with Crippen LogP contribution in [0.15, 0.2) is 0 Å². The molecule has 3 heteroatoms. The highest BCUT2D eigenvalue weighted by Gasteiger charge is 2.66. The summed E-state index contributed by atoms with van der Waals surface area (Å²) in [7, 11) is -2.00. The van der Waals surface area contributed by atoms with E-state index in [1.54, 1.807) is 0 Å². The van der Waals surface area contributed by atoms with Gasteiger partial charge in [0.15, 0.2) is 0 Å². The molecule has 4 fully saturated rings. The lowest BCUT2D eigenvalue weighted by molar-refractivity contribution is 0.0661. The maximum absolute atomic E-state index is 6.61. The number of hydrogen-bond acceptors (Lipinski definition) is 2. The van der Waals surface area contributed by atoms with Crippen molar-refractivity contribution in [1.29, 1.82) is 0 Å². The molecule has 0 aliphatic heterocycles. The predicted octanol–water partition coefficient (Wildman–Crippen LogP) is 4.88. The highest BCUT2D eigenvalue weighted by Crippen LogP contribution is 2.67. The molecule has 0 aromatic rings. The van der Waals surface area contributed by atoms with Crippen molar-refractivity contribution in [3.8, 4) is 0 Å². The van der Waals surface area contributed by atoms with Gasteiger partial charge in [0.2, 0.25) is 0 Å². The standard InChI is InChI=1S/C18H32O2Si/c1-3-19-21(20-4-2,17-11-13-7-5-9-15(13)17)18-12-14-8-6-10-16(14)18/h13-18H,3-12H2,1-2H3. The fourth-order valence-corrected chi connectivity index (χ4v) is 12.2. The van der Waals surface area contributed by atoms with Crippen molar-refractivity contribution in [1.82, 2.24) is 0 Å². The van der Waals surface area contributed by atoms with Crippen LogP contribution in [-0.4, -0.2) is 21.8 Å². The maximum atomic E-state index is 6.61. The van der Waals surface area contributed by atoms with Gasteiger partial charge in [0.25, 0.3) is 0 Å². The second-order valence-corrected chi connectivity index (χ2v) is 11.5. The molecular formula is C18H32O2Si. The lowest BCUT2D eigenvalue weighted by Crippen LogP contribution is -2.62. The van der Waals surface area contributed by atoms with Gasteiger partial charge in [0.05, 0.1) is 0 Å². The van der Waals surface area contributed by atoms with E-state index in [0.717, 1.165) is 48.0 Å². The molecule has 0 saturated heterocycles. The molecule has 0 aromatic heterocycles. The van der Waals surface area contributed by atoms with E-state index in [-0.39, 0.29) is 0 Å². The Balaban J connectivity index is 1.58. The summed E-state index contributed by atoms with van der Waals surface area (Å²) in [5.41, 5.74) is 1.66. The molecule has 0 bridgehead atoms. The van der Waals surface area contributed by atoms with Gasteiger partial charge in [-0.15, -0.1) is 0 Å². The van der Waals surface area contributed by atoms with Crippen molar-refractivity contribution >= 4 is 8.56 Å². The first-order chi connectivity index (χ1) is 10.3. The van der Waals surface area contributed by atoms with E-state index in [1.807, 2.05) is 0 Å². The topological polar surface area (TPSA) is 18.5 Å². The number of rotatable bonds is 6. The average molecular weight is 309 g/mol. The summed E-state index contributed by atoms with van der Waals surface area (Å²) < 4.78 is 13.2. The van der Waals surface area contributed by atoms with Crippen molar-refractivity contribution in [2.75, 3.05) is 13.2 Å². The molecule has 0 radical (unpaired) electrons. The van der Waals surface area contributed by atoms with E-state index >= 15 is 0 Å². The van der Waals surface area contributed by atoms with Crippen LogP contribution in [0.4, 0.5) is 0 Å². The third-order valence-corrected chi connectivity index (χ3v) is 12.2. The first-order valence-corrected chi connectivity index (χ1v) is 11.5. The summed E-state index contributed by atoms with van der Waals surface area (Å²) in [5, 5.41) is 0. The molecule has 4 aliphatic carbocycles. The van der Waals surface area contributed by atoms with Crippen LogP contribution in [0.3, 0.4) is 0 Å². The molecule has 0 amide bonds. The maximum Gasteiger partial charge on any atom is 0.345 e. The van der Waals surface area contributed by atoms with Gasteiger partial charge in [-0.2, -0.15) is 0 Å². The minimum atomic E-state index is -2.00. The van der Waals surface area contributed by atoms with Gasteiger partial charge in [-0.1, -0.05) is 38.5 Å². The molecule has 6 atom stereocenters. The van der Waals surface area contributed by atoms with Crippen molar-refractivity contribution in [2.45, 2.75) is 76.3 Å². The summed E-state index contributed by atoms with van der Waals surface area (Å²) in [5.74, 6) is 4.00. The Hall–Kier alpha value is 0.137. The Morgan fingerprint density at radius 3 is 1.62 bits per heavy atom. The highest BCUT2D eigenvalue weighted by atomic mass is 28.4. The van der Waals surface area contributed by atoms with Crippen LogP contribution in [-0.2, 0) is 8.85 Å². The lowest BCUT2D eigenvalue weighted by atomic mass is 9.75. The zero-order valence-corrected chi connectivity index (χ0v) is 14.9. The molecule has 0 heterocycles. The van der Waals surface area contributed by atoms with E-state index < -0.39 is 8.56 Å². The predicted molar refractivity (Wildman–Crippen MR) is 87.4 cm³/mol. The molecule has 4 aliphatic rings. The van der Waals surface area contributed by atoms with Crippen LogP contribution in [0.5, 0.6) is 0 Å². The van der Waals surface area contributed by atoms with E-state index in [9.17, 15) is 0 Å². The van der Waals surface area contributed by atoms with E-state index in [4.69, 9.17) is 8.85 Å².